The molecule has 1 heterocycles. The van der Waals surface area contributed by atoms with E-state index >= 15 is 0 Å². The van der Waals surface area contributed by atoms with E-state index in [1.54, 1.807) is 7.11 Å². The lowest BCUT2D eigenvalue weighted by molar-refractivity contribution is -0.131. The van der Waals surface area contributed by atoms with Gasteiger partial charge in [-0.15, -0.1) is 0 Å². The first kappa shape index (κ1) is 26.9. The zero-order chi connectivity index (χ0) is 27.1. The molecule has 0 aliphatic carbocycles. The molecule has 4 rings (SSSR count). The van der Waals surface area contributed by atoms with E-state index in [9.17, 15) is 18.8 Å². The molecular formula is C30H32FN3O4. The van der Waals surface area contributed by atoms with Gasteiger partial charge in [0.05, 0.1) is 13.5 Å². The highest BCUT2D eigenvalue weighted by Crippen LogP contribution is 2.29. The lowest BCUT2D eigenvalue weighted by atomic mass is 9.89. The van der Waals surface area contributed by atoms with Crippen molar-refractivity contribution in [3.05, 3.63) is 89.2 Å². The van der Waals surface area contributed by atoms with E-state index in [4.69, 9.17) is 4.74 Å². The number of halogens is 1. The van der Waals surface area contributed by atoms with Crippen molar-refractivity contribution in [2.24, 2.45) is 0 Å². The van der Waals surface area contributed by atoms with Crippen molar-refractivity contribution in [1.29, 1.82) is 0 Å². The van der Waals surface area contributed by atoms with Crippen LogP contribution in [-0.4, -0.2) is 42.8 Å². The van der Waals surface area contributed by atoms with Crippen LogP contribution in [0.1, 0.15) is 41.9 Å². The minimum atomic E-state index is -0.478. The molecule has 0 spiro atoms. The second-order valence-electron chi connectivity index (χ2n) is 9.54. The fourth-order valence-electron chi connectivity index (χ4n) is 4.73. The summed E-state index contributed by atoms with van der Waals surface area (Å²) in [4.78, 5) is 39.1. The summed E-state index contributed by atoms with van der Waals surface area (Å²) in [6.07, 6.45) is 1.79. The molecule has 7 nitrogen and oxygen atoms in total. The Morgan fingerprint density at radius 3 is 2.03 bits per heavy atom. The first-order valence-electron chi connectivity index (χ1n) is 12.7. The van der Waals surface area contributed by atoms with Crippen molar-refractivity contribution in [2.75, 3.05) is 30.8 Å². The van der Waals surface area contributed by atoms with Gasteiger partial charge in [-0.05, 0) is 84.8 Å². The van der Waals surface area contributed by atoms with Crippen LogP contribution in [0.15, 0.2) is 66.7 Å². The molecule has 1 fully saturated rings. The number of anilines is 2. The minimum Gasteiger partial charge on any atom is -0.496 e. The Kier molecular flexibility index (Phi) is 8.73. The van der Waals surface area contributed by atoms with Gasteiger partial charge in [0.1, 0.15) is 18.0 Å². The Morgan fingerprint density at radius 1 is 0.895 bits per heavy atom. The summed E-state index contributed by atoms with van der Waals surface area (Å²) in [5, 5.41) is 5.30. The van der Waals surface area contributed by atoms with Crippen LogP contribution in [0.4, 0.5) is 15.8 Å². The standard InChI is InChI=1S/C30H32FN3O4/c1-20-17-21(3-12-27(20)38-2)18-30(37)34-15-13-23(14-16-34)22-4-8-25(9-5-22)32-28(35)19-29(36)33-26-10-6-24(31)7-11-26/h3-12,17,23H,13-16,18-19H2,1-2H3,(H,32,35)(H,33,36). The number of hydrogen-bond acceptors (Lipinski definition) is 4. The van der Waals surface area contributed by atoms with Gasteiger partial charge in [0.15, 0.2) is 0 Å². The second-order valence-corrected chi connectivity index (χ2v) is 9.54. The molecule has 1 aliphatic heterocycles. The van der Waals surface area contributed by atoms with Gasteiger partial charge in [0, 0.05) is 24.5 Å². The third-order valence-electron chi connectivity index (χ3n) is 6.78. The Balaban J connectivity index is 1.22. The van der Waals surface area contributed by atoms with Gasteiger partial charge < -0.3 is 20.3 Å². The Labute approximate surface area is 222 Å². The summed E-state index contributed by atoms with van der Waals surface area (Å²) < 4.78 is 18.3. The van der Waals surface area contributed by atoms with Crippen molar-refractivity contribution in [3.63, 3.8) is 0 Å². The normalized spacial score (nSPS) is 13.6. The van der Waals surface area contributed by atoms with Gasteiger partial charge in [0.25, 0.3) is 0 Å². The molecular weight excluding hydrogens is 485 g/mol. The van der Waals surface area contributed by atoms with Gasteiger partial charge in [-0.25, -0.2) is 4.39 Å². The zero-order valence-electron chi connectivity index (χ0n) is 21.6. The Bertz CT molecular complexity index is 1280. The van der Waals surface area contributed by atoms with E-state index in [0.717, 1.165) is 35.3 Å². The number of ether oxygens (including phenoxy) is 1. The van der Waals surface area contributed by atoms with Crippen LogP contribution >= 0.6 is 0 Å². The van der Waals surface area contributed by atoms with Crippen molar-refractivity contribution < 1.29 is 23.5 Å². The molecule has 1 saturated heterocycles. The highest BCUT2D eigenvalue weighted by molar-refractivity contribution is 6.08. The maximum absolute atomic E-state index is 13.0. The molecule has 0 aromatic heterocycles. The lowest BCUT2D eigenvalue weighted by Crippen LogP contribution is -2.38. The monoisotopic (exact) mass is 517 g/mol. The van der Waals surface area contributed by atoms with E-state index in [2.05, 4.69) is 10.6 Å². The first-order chi connectivity index (χ1) is 18.3. The van der Waals surface area contributed by atoms with Gasteiger partial charge in [0.2, 0.25) is 17.7 Å². The molecule has 1 aliphatic rings. The minimum absolute atomic E-state index is 0.134. The van der Waals surface area contributed by atoms with Crippen LogP contribution < -0.4 is 15.4 Å². The van der Waals surface area contributed by atoms with E-state index < -0.39 is 17.6 Å². The predicted octanol–water partition coefficient (Wildman–Crippen LogP) is 5.06. The Hall–Kier alpha value is -4.20. The maximum Gasteiger partial charge on any atom is 0.233 e. The number of benzene rings is 3. The average molecular weight is 518 g/mol. The predicted molar refractivity (Wildman–Crippen MR) is 145 cm³/mol. The largest absolute Gasteiger partial charge is 0.496 e. The number of carbonyl (C=O) groups excluding carboxylic acids is 3. The smallest absolute Gasteiger partial charge is 0.233 e. The summed E-state index contributed by atoms with van der Waals surface area (Å²) in [5.74, 6) is -0.0172. The number of methoxy groups -OCH3 is 1. The van der Waals surface area contributed by atoms with Crippen LogP contribution in [0, 0.1) is 12.7 Å². The third kappa shape index (κ3) is 7.18. The topological polar surface area (TPSA) is 87.7 Å². The fraction of sp³-hybridized carbons (Fsp3) is 0.300. The van der Waals surface area contributed by atoms with Crippen molar-refractivity contribution in [3.8, 4) is 5.75 Å². The number of aryl methyl sites for hydroxylation is 1. The van der Waals surface area contributed by atoms with Crippen molar-refractivity contribution in [2.45, 2.75) is 38.5 Å². The van der Waals surface area contributed by atoms with Gasteiger partial charge in [-0.2, -0.15) is 0 Å². The molecule has 0 radical (unpaired) electrons. The summed E-state index contributed by atoms with van der Waals surface area (Å²) in [6, 6.07) is 18.8. The molecule has 0 saturated carbocycles. The number of nitrogens with zero attached hydrogens (tertiary/aromatic N) is 1. The second kappa shape index (κ2) is 12.4. The molecule has 8 heteroatoms. The molecule has 3 amide bonds. The SMILES string of the molecule is COc1ccc(CC(=O)N2CCC(c3ccc(NC(=O)CC(=O)Nc4ccc(F)cc4)cc3)CC2)cc1C. The summed E-state index contributed by atoms with van der Waals surface area (Å²) in [7, 11) is 1.64. The van der Waals surface area contributed by atoms with E-state index in [1.165, 1.54) is 24.3 Å². The third-order valence-corrected chi connectivity index (χ3v) is 6.78. The van der Waals surface area contributed by atoms with Gasteiger partial charge in [-0.3, -0.25) is 14.4 Å². The van der Waals surface area contributed by atoms with Gasteiger partial charge in [-0.1, -0.05) is 24.3 Å². The van der Waals surface area contributed by atoms with Gasteiger partial charge >= 0.3 is 0 Å². The summed E-state index contributed by atoms with van der Waals surface area (Å²) in [5.41, 5.74) is 4.20. The summed E-state index contributed by atoms with van der Waals surface area (Å²) >= 11 is 0. The number of nitrogens with one attached hydrogen (secondary N) is 2. The number of rotatable bonds is 8. The van der Waals surface area contributed by atoms with Crippen LogP contribution in [0.5, 0.6) is 5.75 Å². The van der Waals surface area contributed by atoms with E-state index in [0.29, 0.717) is 36.8 Å². The van der Waals surface area contributed by atoms with Crippen LogP contribution in [0.3, 0.4) is 0 Å². The quantitative estimate of drug-likeness (QED) is 0.409. The van der Waals surface area contributed by atoms with Crippen LogP contribution in [0.25, 0.3) is 0 Å². The fourth-order valence-corrected chi connectivity index (χ4v) is 4.73. The number of likely N-dealkylation sites (tertiary alicyclic amines) is 1. The highest BCUT2D eigenvalue weighted by Gasteiger charge is 2.24. The van der Waals surface area contributed by atoms with Crippen LogP contribution in [0.2, 0.25) is 0 Å². The number of hydrogen-bond donors (Lipinski definition) is 2. The average Bonchev–Trinajstić information content (AvgIpc) is 2.90. The van der Waals surface area contributed by atoms with E-state index in [-0.39, 0.29) is 12.3 Å². The highest BCUT2D eigenvalue weighted by atomic mass is 19.1. The number of amides is 3. The zero-order valence-corrected chi connectivity index (χ0v) is 21.6. The molecule has 0 bridgehead atoms. The molecule has 198 valence electrons. The van der Waals surface area contributed by atoms with Crippen molar-refractivity contribution >= 4 is 29.1 Å². The van der Waals surface area contributed by atoms with E-state index in [1.807, 2.05) is 54.3 Å². The molecule has 2 N–H and O–H groups in total. The maximum atomic E-state index is 13.0. The number of carbonyl (C=O) groups is 3. The molecule has 3 aromatic rings. The first-order valence-corrected chi connectivity index (χ1v) is 12.7. The molecule has 0 atom stereocenters. The molecule has 38 heavy (non-hydrogen) atoms. The number of piperidine rings is 1. The summed E-state index contributed by atoms with van der Waals surface area (Å²) in [6.45, 7) is 3.39. The van der Waals surface area contributed by atoms with Crippen molar-refractivity contribution in [1.82, 2.24) is 4.90 Å². The molecule has 0 unspecified atom stereocenters. The Morgan fingerprint density at radius 2 is 1.47 bits per heavy atom. The van der Waals surface area contributed by atoms with Crippen LogP contribution in [-0.2, 0) is 20.8 Å². The molecule has 3 aromatic carbocycles. The lowest BCUT2D eigenvalue weighted by Gasteiger charge is -2.32.